The minimum atomic E-state index is -0.0679. The molecule has 20 heavy (non-hydrogen) atoms. The van der Waals surface area contributed by atoms with E-state index in [2.05, 4.69) is 0 Å². The topological polar surface area (TPSA) is 39.4 Å². The van der Waals surface area contributed by atoms with Gasteiger partial charge < -0.3 is 9.15 Å². The predicted octanol–water partition coefficient (Wildman–Crippen LogP) is 3.78. The maximum Gasteiger partial charge on any atom is 0.193 e. The van der Waals surface area contributed by atoms with Crippen LogP contribution in [0.15, 0.2) is 57.7 Å². The van der Waals surface area contributed by atoms with E-state index in [0.717, 1.165) is 11.1 Å². The van der Waals surface area contributed by atoms with Crippen LogP contribution in [0, 0.1) is 6.92 Å². The highest BCUT2D eigenvalue weighted by Crippen LogP contribution is 2.24. The lowest BCUT2D eigenvalue weighted by atomic mass is 10.1. The zero-order valence-electron chi connectivity index (χ0n) is 11.3. The van der Waals surface area contributed by atoms with E-state index < -0.39 is 0 Å². The second-order valence-electron chi connectivity index (χ2n) is 4.71. The maximum atomic E-state index is 12.2. The Labute approximate surface area is 116 Å². The van der Waals surface area contributed by atoms with Crippen LogP contribution >= 0.6 is 0 Å². The number of rotatable bonds is 2. The Hall–Kier alpha value is -2.55. The SMILES string of the molecule is COc1ccc2oc(-c3cccc(C)c3)cc(=O)c2c1. The number of aryl methyl sites for hydroxylation is 1. The number of benzene rings is 2. The van der Waals surface area contributed by atoms with Gasteiger partial charge in [-0.1, -0.05) is 23.8 Å². The molecule has 0 saturated heterocycles. The Kier molecular flexibility index (Phi) is 3.03. The van der Waals surface area contributed by atoms with Gasteiger partial charge in [-0.3, -0.25) is 4.79 Å². The van der Waals surface area contributed by atoms with Crippen LogP contribution in [0.2, 0.25) is 0 Å². The number of fused-ring (bicyclic) bond motifs is 1. The average Bonchev–Trinajstić information content (AvgIpc) is 2.47. The summed E-state index contributed by atoms with van der Waals surface area (Å²) in [7, 11) is 1.57. The molecule has 0 fully saturated rings. The Morgan fingerprint density at radius 2 is 1.90 bits per heavy atom. The van der Waals surface area contributed by atoms with Gasteiger partial charge >= 0.3 is 0 Å². The van der Waals surface area contributed by atoms with E-state index in [9.17, 15) is 4.79 Å². The van der Waals surface area contributed by atoms with Gasteiger partial charge in [-0.25, -0.2) is 0 Å². The quantitative estimate of drug-likeness (QED) is 0.708. The Balaban J connectivity index is 2.22. The second kappa shape index (κ2) is 4.85. The molecule has 3 heteroatoms. The first-order chi connectivity index (χ1) is 9.67. The van der Waals surface area contributed by atoms with Crippen molar-refractivity contribution in [3.63, 3.8) is 0 Å². The Morgan fingerprint density at radius 3 is 2.65 bits per heavy atom. The van der Waals surface area contributed by atoms with Crippen molar-refractivity contribution in [1.29, 1.82) is 0 Å². The average molecular weight is 266 g/mol. The van der Waals surface area contributed by atoms with Crippen molar-refractivity contribution >= 4 is 11.0 Å². The van der Waals surface area contributed by atoms with Gasteiger partial charge in [0, 0.05) is 11.6 Å². The van der Waals surface area contributed by atoms with Crippen LogP contribution in [0.4, 0.5) is 0 Å². The molecule has 0 amide bonds. The van der Waals surface area contributed by atoms with Crippen LogP contribution < -0.4 is 10.2 Å². The molecule has 3 aromatic rings. The fourth-order valence-electron chi connectivity index (χ4n) is 2.20. The fourth-order valence-corrected chi connectivity index (χ4v) is 2.20. The largest absolute Gasteiger partial charge is 0.497 e. The molecule has 0 aliphatic carbocycles. The molecule has 0 aliphatic heterocycles. The van der Waals surface area contributed by atoms with E-state index in [1.807, 2.05) is 31.2 Å². The normalized spacial score (nSPS) is 10.7. The van der Waals surface area contributed by atoms with E-state index in [1.54, 1.807) is 25.3 Å². The summed E-state index contributed by atoms with van der Waals surface area (Å²) < 4.78 is 11.0. The van der Waals surface area contributed by atoms with Gasteiger partial charge in [0.1, 0.15) is 17.1 Å². The smallest absolute Gasteiger partial charge is 0.193 e. The highest BCUT2D eigenvalue weighted by atomic mass is 16.5. The third-order valence-corrected chi connectivity index (χ3v) is 3.24. The molecule has 0 saturated carbocycles. The summed E-state index contributed by atoms with van der Waals surface area (Å²) in [5, 5.41) is 0.528. The molecule has 100 valence electrons. The van der Waals surface area contributed by atoms with Crippen LogP contribution in [-0.4, -0.2) is 7.11 Å². The minimum Gasteiger partial charge on any atom is -0.497 e. The van der Waals surface area contributed by atoms with Gasteiger partial charge in [0.05, 0.1) is 12.5 Å². The van der Waals surface area contributed by atoms with Crippen LogP contribution in [0.3, 0.4) is 0 Å². The van der Waals surface area contributed by atoms with E-state index in [1.165, 1.54) is 6.07 Å². The van der Waals surface area contributed by atoms with Crippen molar-refractivity contribution in [1.82, 2.24) is 0 Å². The van der Waals surface area contributed by atoms with Gasteiger partial charge in [0.15, 0.2) is 5.43 Å². The molecule has 1 heterocycles. The number of methoxy groups -OCH3 is 1. The zero-order chi connectivity index (χ0) is 14.1. The molecule has 0 bridgehead atoms. The van der Waals surface area contributed by atoms with Gasteiger partial charge in [0.2, 0.25) is 0 Å². The Morgan fingerprint density at radius 1 is 1.05 bits per heavy atom. The summed E-state index contributed by atoms with van der Waals surface area (Å²) in [6.45, 7) is 2.01. The van der Waals surface area contributed by atoms with E-state index in [4.69, 9.17) is 9.15 Å². The first-order valence-corrected chi connectivity index (χ1v) is 6.36. The van der Waals surface area contributed by atoms with E-state index in [0.29, 0.717) is 22.5 Å². The third kappa shape index (κ3) is 2.18. The van der Waals surface area contributed by atoms with Gasteiger partial charge in [0.25, 0.3) is 0 Å². The monoisotopic (exact) mass is 266 g/mol. The van der Waals surface area contributed by atoms with Crippen molar-refractivity contribution in [2.75, 3.05) is 7.11 Å². The summed E-state index contributed by atoms with van der Waals surface area (Å²) in [5.41, 5.74) is 2.52. The lowest BCUT2D eigenvalue weighted by Crippen LogP contribution is -2.00. The number of hydrogen-bond donors (Lipinski definition) is 0. The lowest BCUT2D eigenvalue weighted by molar-refractivity contribution is 0.415. The summed E-state index contributed by atoms with van der Waals surface area (Å²) in [6, 6.07) is 14.6. The molecule has 3 nitrogen and oxygen atoms in total. The summed E-state index contributed by atoms with van der Waals surface area (Å²) >= 11 is 0. The molecule has 0 atom stereocenters. The first kappa shape index (κ1) is 12.5. The predicted molar refractivity (Wildman–Crippen MR) is 79.2 cm³/mol. The van der Waals surface area contributed by atoms with Crippen molar-refractivity contribution in [2.24, 2.45) is 0 Å². The molecule has 0 unspecified atom stereocenters. The van der Waals surface area contributed by atoms with E-state index >= 15 is 0 Å². The van der Waals surface area contributed by atoms with E-state index in [-0.39, 0.29) is 5.43 Å². The summed E-state index contributed by atoms with van der Waals surface area (Å²) in [5.74, 6) is 1.23. The molecule has 0 radical (unpaired) electrons. The summed E-state index contributed by atoms with van der Waals surface area (Å²) in [6.07, 6.45) is 0. The summed E-state index contributed by atoms with van der Waals surface area (Å²) in [4.78, 5) is 12.2. The molecule has 3 rings (SSSR count). The molecular weight excluding hydrogens is 252 g/mol. The molecule has 1 aromatic heterocycles. The van der Waals surface area contributed by atoms with Crippen molar-refractivity contribution in [2.45, 2.75) is 6.92 Å². The Bertz CT molecular complexity index is 831. The zero-order valence-corrected chi connectivity index (χ0v) is 11.3. The van der Waals surface area contributed by atoms with Crippen molar-refractivity contribution in [3.8, 4) is 17.1 Å². The molecule has 0 spiro atoms. The van der Waals surface area contributed by atoms with Crippen molar-refractivity contribution in [3.05, 3.63) is 64.3 Å². The van der Waals surface area contributed by atoms with Crippen LogP contribution in [-0.2, 0) is 0 Å². The third-order valence-electron chi connectivity index (χ3n) is 3.24. The fraction of sp³-hybridized carbons (Fsp3) is 0.118. The van der Waals surface area contributed by atoms with Crippen LogP contribution in [0.5, 0.6) is 5.75 Å². The van der Waals surface area contributed by atoms with Gasteiger partial charge in [-0.15, -0.1) is 0 Å². The highest BCUT2D eigenvalue weighted by molar-refractivity contribution is 5.80. The first-order valence-electron chi connectivity index (χ1n) is 6.36. The van der Waals surface area contributed by atoms with Crippen LogP contribution in [0.25, 0.3) is 22.3 Å². The second-order valence-corrected chi connectivity index (χ2v) is 4.71. The molecule has 2 aromatic carbocycles. The molecule has 0 aliphatic rings. The van der Waals surface area contributed by atoms with Gasteiger partial charge in [-0.05, 0) is 31.2 Å². The minimum absolute atomic E-state index is 0.0679. The molecular formula is C17H14O3. The lowest BCUT2D eigenvalue weighted by Gasteiger charge is -2.05. The van der Waals surface area contributed by atoms with Crippen LogP contribution in [0.1, 0.15) is 5.56 Å². The standard InChI is InChI=1S/C17H14O3/c1-11-4-3-5-12(8-11)17-10-15(18)14-9-13(19-2)6-7-16(14)20-17/h3-10H,1-2H3. The highest BCUT2D eigenvalue weighted by Gasteiger charge is 2.08. The number of ether oxygens (including phenoxy) is 1. The van der Waals surface area contributed by atoms with Crippen molar-refractivity contribution < 1.29 is 9.15 Å². The number of hydrogen-bond acceptors (Lipinski definition) is 3. The van der Waals surface area contributed by atoms with Gasteiger partial charge in [-0.2, -0.15) is 0 Å². The maximum absolute atomic E-state index is 12.2. The molecule has 0 N–H and O–H groups in total.